The van der Waals surface area contributed by atoms with Crippen LogP contribution in [0.25, 0.3) is 0 Å². The molecule has 1 N–H and O–H groups in total. The van der Waals surface area contributed by atoms with E-state index in [1.165, 1.54) is 0 Å². The lowest BCUT2D eigenvalue weighted by Crippen LogP contribution is -2.61. The van der Waals surface area contributed by atoms with Gasteiger partial charge in [0.2, 0.25) is 5.76 Å². The van der Waals surface area contributed by atoms with Gasteiger partial charge in [0.15, 0.2) is 18.3 Å². The average Bonchev–Trinajstić information content (AvgIpc) is 2.68. The van der Waals surface area contributed by atoms with Gasteiger partial charge in [-0.3, -0.25) is 19.2 Å². The summed E-state index contributed by atoms with van der Waals surface area (Å²) in [4.78, 5) is 57.0. The molecule has 1 heterocycles. The zero-order valence-corrected chi connectivity index (χ0v) is 19.4. The van der Waals surface area contributed by atoms with E-state index in [-0.39, 0.29) is 0 Å². The fourth-order valence-corrected chi connectivity index (χ4v) is 3.40. The predicted octanol–water partition coefficient (Wildman–Crippen LogP) is 0.679. The van der Waals surface area contributed by atoms with Gasteiger partial charge in [-0.15, -0.1) is 0 Å². The number of hydrogen-bond acceptors (Lipinski definition) is 10. The van der Waals surface area contributed by atoms with Crippen LogP contribution in [0.2, 0.25) is 0 Å². The lowest BCUT2D eigenvalue weighted by atomic mass is 9.95. The Labute approximate surface area is 194 Å². The van der Waals surface area contributed by atoms with Crippen molar-refractivity contribution in [1.29, 1.82) is 0 Å². The van der Waals surface area contributed by atoms with Gasteiger partial charge in [-0.1, -0.05) is 15.9 Å². The molecule has 1 aliphatic heterocycles. The van der Waals surface area contributed by atoms with Crippen molar-refractivity contribution in [2.75, 3.05) is 13.7 Å². The highest BCUT2D eigenvalue weighted by Gasteiger charge is 2.50. The van der Waals surface area contributed by atoms with Gasteiger partial charge in [-0.25, -0.2) is 4.79 Å². The maximum atomic E-state index is 12.9. The number of methoxy groups -OCH3 is 1. The Balaban J connectivity index is 3.51. The number of alkyl halides is 4. The minimum atomic E-state index is -5.28. The minimum Gasteiger partial charge on any atom is -0.477 e. The molecule has 0 aromatic carbocycles. The molecule has 0 radical (unpaired) electrons. The van der Waals surface area contributed by atoms with E-state index in [1.807, 2.05) is 0 Å². The molecule has 5 atom stereocenters. The number of ether oxygens (including phenoxy) is 5. The predicted molar refractivity (Wildman–Crippen MR) is 103 cm³/mol. The summed E-state index contributed by atoms with van der Waals surface area (Å²) in [7, 11) is 1.01. The van der Waals surface area contributed by atoms with E-state index in [0.717, 1.165) is 34.0 Å². The number of carbonyl (C=O) groups is 5. The standard InChI is InChI=1S/C18H21BrF3NO10/c1-7(24)30-6-12(31-8(2)25)14(32-9(3)26)15-13(23-17(28)18(20,21)22)10(19)5-11(33-15)16(27)29-4/h5,10,12-15H,6H2,1-4H3,(H,23,28)/t10-,12-,13-,14-,15-/m1/s1. The Morgan fingerprint density at radius 3 is 2.12 bits per heavy atom. The van der Waals surface area contributed by atoms with Crippen molar-refractivity contribution in [1.82, 2.24) is 5.32 Å². The third-order valence-electron chi connectivity index (χ3n) is 3.97. The van der Waals surface area contributed by atoms with Crippen LogP contribution in [0.5, 0.6) is 0 Å². The molecule has 0 aliphatic carbocycles. The number of esters is 4. The number of carbonyl (C=O) groups excluding carboxylic acids is 5. The Hall–Kier alpha value is -2.84. The van der Waals surface area contributed by atoms with Crippen LogP contribution in [0.1, 0.15) is 20.8 Å². The third kappa shape index (κ3) is 8.55. The largest absolute Gasteiger partial charge is 0.477 e. The molecular formula is C18H21BrF3NO10. The molecule has 1 aliphatic rings. The number of halogens is 4. The summed E-state index contributed by atoms with van der Waals surface area (Å²) in [6.45, 7) is 2.26. The van der Waals surface area contributed by atoms with E-state index in [9.17, 15) is 37.1 Å². The molecule has 0 unspecified atom stereocenters. The first-order valence-electron chi connectivity index (χ1n) is 9.13. The number of amides is 1. The van der Waals surface area contributed by atoms with Crippen molar-refractivity contribution in [2.45, 2.75) is 56.1 Å². The fraction of sp³-hybridized carbons (Fsp3) is 0.611. The van der Waals surface area contributed by atoms with Crippen LogP contribution in [-0.2, 0) is 47.7 Å². The molecule has 33 heavy (non-hydrogen) atoms. The van der Waals surface area contributed by atoms with Crippen LogP contribution in [0.3, 0.4) is 0 Å². The fourth-order valence-electron chi connectivity index (χ4n) is 2.73. The summed E-state index contributed by atoms with van der Waals surface area (Å²) >= 11 is 3.05. The van der Waals surface area contributed by atoms with Crippen molar-refractivity contribution in [2.24, 2.45) is 0 Å². The lowest BCUT2D eigenvalue weighted by Gasteiger charge is -2.40. The Morgan fingerprint density at radius 2 is 1.67 bits per heavy atom. The molecule has 0 aromatic rings. The van der Waals surface area contributed by atoms with Crippen molar-refractivity contribution < 1.29 is 60.8 Å². The van der Waals surface area contributed by atoms with Gasteiger partial charge in [0.1, 0.15) is 6.61 Å². The molecule has 15 heteroatoms. The lowest BCUT2D eigenvalue weighted by molar-refractivity contribution is -0.190. The van der Waals surface area contributed by atoms with Crippen molar-refractivity contribution in [3.63, 3.8) is 0 Å². The summed E-state index contributed by atoms with van der Waals surface area (Å²) in [6.07, 6.45) is -9.31. The average molecular weight is 548 g/mol. The maximum absolute atomic E-state index is 12.9. The molecule has 0 aromatic heterocycles. The van der Waals surface area contributed by atoms with Crippen LogP contribution in [-0.4, -0.2) is 78.9 Å². The monoisotopic (exact) mass is 547 g/mol. The first-order chi connectivity index (χ1) is 15.2. The van der Waals surface area contributed by atoms with Crippen LogP contribution < -0.4 is 5.32 Å². The first-order valence-corrected chi connectivity index (χ1v) is 10.0. The van der Waals surface area contributed by atoms with Gasteiger partial charge in [0.05, 0.1) is 18.0 Å². The maximum Gasteiger partial charge on any atom is 0.471 e. The highest BCUT2D eigenvalue weighted by molar-refractivity contribution is 9.09. The highest BCUT2D eigenvalue weighted by atomic mass is 79.9. The Kier molecular flexibility index (Phi) is 10.1. The molecule has 186 valence electrons. The molecule has 0 bridgehead atoms. The van der Waals surface area contributed by atoms with E-state index in [2.05, 4.69) is 20.7 Å². The molecule has 1 amide bonds. The third-order valence-corrected chi connectivity index (χ3v) is 4.81. The zero-order valence-electron chi connectivity index (χ0n) is 17.8. The van der Waals surface area contributed by atoms with Gasteiger partial charge in [0, 0.05) is 20.8 Å². The molecule has 11 nitrogen and oxygen atoms in total. The summed E-state index contributed by atoms with van der Waals surface area (Å²) in [5, 5.41) is 1.69. The number of hydrogen-bond donors (Lipinski definition) is 1. The number of nitrogens with one attached hydrogen (secondary N) is 1. The van der Waals surface area contributed by atoms with Crippen LogP contribution in [0.15, 0.2) is 11.8 Å². The van der Waals surface area contributed by atoms with Crippen molar-refractivity contribution in [3.05, 3.63) is 11.8 Å². The van der Waals surface area contributed by atoms with Crippen LogP contribution in [0, 0.1) is 0 Å². The SMILES string of the molecule is COC(=O)C1=C[C@@H](Br)[C@@H](NC(=O)C(F)(F)F)[C@H]([C@H](OC(C)=O)[C@@H](COC(C)=O)OC(C)=O)O1. The van der Waals surface area contributed by atoms with Gasteiger partial charge < -0.3 is 29.0 Å². The quantitative estimate of drug-likeness (QED) is 0.261. The number of rotatable bonds is 8. The summed E-state index contributed by atoms with van der Waals surface area (Å²) in [5.41, 5.74) is 0. The molecular weight excluding hydrogens is 527 g/mol. The second-order valence-corrected chi connectivity index (χ2v) is 7.63. The second-order valence-electron chi connectivity index (χ2n) is 6.57. The molecule has 1 rings (SSSR count). The van der Waals surface area contributed by atoms with Crippen LogP contribution >= 0.6 is 15.9 Å². The summed E-state index contributed by atoms with van der Waals surface area (Å²) in [6, 6.07) is -1.60. The van der Waals surface area contributed by atoms with Crippen molar-refractivity contribution >= 4 is 45.7 Å². The minimum absolute atomic E-state index is 0.493. The van der Waals surface area contributed by atoms with Gasteiger partial charge >= 0.3 is 36.0 Å². The molecule has 0 saturated heterocycles. The van der Waals surface area contributed by atoms with Gasteiger partial charge in [-0.2, -0.15) is 13.2 Å². The molecule has 0 saturated carbocycles. The zero-order chi connectivity index (χ0) is 25.5. The Morgan fingerprint density at radius 1 is 1.09 bits per heavy atom. The topological polar surface area (TPSA) is 144 Å². The second kappa shape index (κ2) is 11.9. The molecule has 0 fully saturated rings. The normalized spacial score (nSPS) is 21.9. The van der Waals surface area contributed by atoms with Gasteiger partial charge in [-0.05, 0) is 6.08 Å². The van der Waals surface area contributed by atoms with E-state index in [0.29, 0.717) is 0 Å². The van der Waals surface area contributed by atoms with E-state index in [4.69, 9.17) is 18.9 Å². The van der Waals surface area contributed by atoms with E-state index >= 15 is 0 Å². The summed E-state index contributed by atoms with van der Waals surface area (Å²) < 4.78 is 63.6. The van der Waals surface area contributed by atoms with E-state index in [1.54, 1.807) is 5.32 Å². The van der Waals surface area contributed by atoms with Gasteiger partial charge in [0.25, 0.3) is 0 Å². The van der Waals surface area contributed by atoms with Crippen molar-refractivity contribution in [3.8, 4) is 0 Å². The molecule has 0 spiro atoms. The van der Waals surface area contributed by atoms with E-state index < -0.39 is 77.5 Å². The highest BCUT2D eigenvalue weighted by Crippen LogP contribution is 2.30. The smallest absolute Gasteiger partial charge is 0.471 e. The summed E-state index contributed by atoms with van der Waals surface area (Å²) in [5.74, 6) is -6.59. The van der Waals surface area contributed by atoms with Crippen LogP contribution in [0.4, 0.5) is 13.2 Å². The Bertz CT molecular complexity index is 816. The first kappa shape index (κ1) is 28.2.